The number of aryl methyl sites for hydroxylation is 1. The van der Waals surface area contributed by atoms with Crippen LogP contribution in [0.4, 0.5) is 0 Å². The lowest BCUT2D eigenvalue weighted by atomic mass is 9.82. The topological polar surface area (TPSA) is 55.1 Å². The first-order valence-corrected chi connectivity index (χ1v) is 7.66. The van der Waals surface area contributed by atoms with Crippen molar-refractivity contribution in [3.63, 3.8) is 0 Å². The first-order chi connectivity index (χ1) is 9.56. The number of amides is 1. The van der Waals surface area contributed by atoms with Crippen molar-refractivity contribution in [2.75, 3.05) is 6.54 Å². The predicted octanol–water partition coefficient (Wildman–Crippen LogP) is 2.94. The maximum Gasteiger partial charge on any atom is 0.241 e. The summed E-state index contributed by atoms with van der Waals surface area (Å²) < 4.78 is 0. The molecule has 3 N–H and O–H groups in total. The van der Waals surface area contributed by atoms with Crippen LogP contribution in [0.3, 0.4) is 0 Å². The van der Waals surface area contributed by atoms with E-state index in [1.54, 1.807) is 0 Å². The minimum absolute atomic E-state index is 0.0629. The van der Waals surface area contributed by atoms with Crippen molar-refractivity contribution in [3.8, 4) is 0 Å². The minimum atomic E-state index is -0.559. The first-order valence-electron chi connectivity index (χ1n) is 7.66. The van der Waals surface area contributed by atoms with E-state index in [0.717, 1.165) is 18.0 Å². The molecule has 1 fully saturated rings. The molecule has 0 spiro atoms. The summed E-state index contributed by atoms with van der Waals surface area (Å²) in [5.74, 6) is 1.34. The Kier molecular flexibility index (Phi) is 5.18. The zero-order valence-electron chi connectivity index (χ0n) is 12.6. The Morgan fingerprint density at radius 3 is 2.70 bits per heavy atom. The molecule has 3 atom stereocenters. The Morgan fingerprint density at radius 2 is 2.05 bits per heavy atom. The van der Waals surface area contributed by atoms with Crippen molar-refractivity contribution in [2.45, 2.75) is 45.6 Å². The highest BCUT2D eigenvalue weighted by molar-refractivity contribution is 5.82. The van der Waals surface area contributed by atoms with Gasteiger partial charge in [0.25, 0.3) is 0 Å². The van der Waals surface area contributed by atoms with Crippen molar-refractivity contribution in [1.29, 1.82) is 0 Å². The number of hydrogen-bond donors (Lipinski definition) is 2. The summed E-state index contributed by atoms with van der Waals surface area (Å²) in [5, 5.41) is 3.02. The molecule has 1 aliphatic carbocycles. The van der Waals surface area contributed by atoms with E-state index in [9.17, 15) is 4.79 Å². The molecule has 0 aromatic heterocycles. The molecule has 1 amide bonds. The molecule has 3 nitrogen and oxygen atoms in total. The van der Waals surface area contributed by atoms with Crippen LogP contribution >= 0.6 is 0 Å². The Morgan fingerprint density at radius 1 is 1.35 bits per heavy atom. The molecule has 1 saturated carbocycles. The Bertz CT molecular complexity index is 441. The number of carbonyl (C=O) groups excluding carboxylic acids is 1. The van der Waals surface area contributed by atoms with E-state index in [4.69, 9.17) is 5.73 Å². The summed E-state index contributed by atoms with van der Waals surface area (Å²) in [7, 11) is 0. The van der Waals surface area contributed by atoms with Crippen LogP contribution in [-0.4, -0.2) is 12.5 Å². The quantitative estimate of drug-likeness (QED) is 0.887. The minimum Gasteiger partial charge on any atom is -0.354 e. The summed E-state index contributed by atoms with van der Waals surface area (Å²) in [6, 6.07) is 7.29. The van der Waals surface area contributed by atoms with Crippen LogP contribution in [0.5, 0.6) is 0 Å². The van der Waals surface area contributed by atoms with Gasteiger partial charge in [0.2, 0.25) is 5.91 Å². The van der Waals surface area contributed by atoms with Crippen LogP contribution in [0.25, 0.3) is 0 Å². The average molecular weight is 274 g/mol. The highest BCUT2D eigenvalue weighted by Crippen LogP contribution is 2.28. The van der Waals surface area contributed by atoms with Crippen molar-refractivity contribution in [3.05, 3.63) is 35.4 Å². The Balaban J connectivity index is 1.83. The zero-order valence-corrected chi connectivity index (χ0v) is 12.6. The van der Waals surface area contributed by atoms with Gasteiger partial charge in [-0.2, -0.15) is 0 Å². The normalized spacial score (nSPS) is 24.1. The van der Waals surface area contributed by atoms with Crippen LogP contribution in [0, 0.1) is 18.8 Å². The molecule has 0 bridgehead atoms. The molecule has 110 valence electrons. The van der Waals surface area contributed by atoms with Gasteiger partial charge >= 0.3 is 0 Å². The first kappa shape index (κ1) is 15.0. The van der Waals surface area contributed by atoms with Gasteiger partial charge in [0.1, 0.15) is 6.04 Å². The van der Waals surface area contributed by atoms with E-state index >= 15 is 0 Å². The molecular weight excluding hydrogens is 248 g/mol. The molecule has 3 heteroatoms. The third kappa shape index (κ3) is 4.07. The standard InChI is InChI=1S/C17H26N2O/c1-12-6-8-15(9-7-12)16(18)17(20)19-11-14-5-3-4-13(2)10-14/h6-9,13-14,16H,3-5,10-11,18H2,1-2H3,(H,19,20). The second-order valence-corrected chi connectivity index (χ2v) is 6.27. The maximum absolute atomic E-state index is 12.1. The number of carbonyl (C=O) groups is 1. The average Bonchev–Trinajstić information content (AvgIpc) is 2.45. The highest BCUT2D eigenvalue weighted by Gasteiger charge is 2.21. The third-order valence-electron chi connectivity index (χ3n) is 4.33. The van der Waals surface area contributed by atoms with E-state index in [1.807, 2.05) is 31.2 Å². The largest absolute Gasteiger partial charge is 0.354 e. The smallest absolute Gasteiger partial charge is 0.241 e. The van der Waals surface area contributed by atoms with Crippen molar-refractivity contribution in [2.24, 2.45) is 17.6 Å². The van der Waals surface area contributed by atoms with Gasteiger partial charge in [0.15, 0.2) is 0 Å². The van der Waals surface area contributed by atoms with Crippen molar-refractivity contribution in [1.82, 2.24) is 5.32 Å². The van der Waals surface area contributed by atoms with Gasteiger partial charge < -0.3 is 11.1 Å². The van der Waals surface area contributed by atoms with Crippen LogP contribution in [0.2, 0.25) is 0 Å². The lowest BCUT2D eigenvalue weighted by molar-refractivity contribution is -0.122. The van der Waals surface area contributed by atoms with Gasteiger partial charge in [-0.05, 0) is 37.2 Å². The Labute approximate surface area is 121 Å². The molecule has 0 saturated heterocycles. The summed E-state index contributed by atoms with van der Waals surface area (Å²) in [6.07, 6.45) is 5.06. The maximum atomic E-state index is 12.1. The molecule has 0 heterocycles. The van der Waals surface area contributed by atoms with Crippen molar-refractivity contribution >= 4 is 5.91 Å². The SMILES string of the molecule is Cc1ccc(C(N)C(=O)NCC2CCCC(C)C2)cc1. The number of benzene rings is 1. The van der Waals surface area contributed by atoms with E-state index in [2.05, 4.69) is 12.2 Å². The van der Waals surface area contributed by atoms with Crippen LogP contribution in [0.1, 0.15) is 49.8 Å². The van der Waals surface area contributed by atoms with E-state index in [0.29, 0.717) is 5.92 Å². The van der Waals surface area contributed by atoms with Gasteiger partial charge in [-0.15, -0.1) is 0 Å². The van der Waals surface area contributed by atoms with Gasteiger partial charge in [-0.3, -0.25) is 4.79 Å². The second-order valence-electron chi connectivity index (χ2n) is 6.27. The highest BCUT2D eigenvalue weighted by atomic mass is 16.2. The molecule has 0 aliphatic heterocycles. The number of rotatable bonds is 4. The molecule has 1 aromatic rings. The van der Waals surface area contributed by atoms with Gasteiger partial charge in [0.05, 0.1) is 0 Å². The van der Waals surface area contributed by atoms with Crippen molar-refractivity contribution < 1.29 is 4.79 Å². The third-order valence-corrected chi connectivity index (χ3v) is 4.33. The monoisotopic (exact) mass is 274 g/mol. The summed E-state index contributed by atoms with van der Waals surface area (Å²) in [4.78, 5) is 12.1. The number of hydrogen-bond acceptors (Lipinski definition) is 2. The molecule has 1 aromatic carbocycles. The molecule has 2 rings (SSSR count). The fraction of sp³-hybridized carbons (Fsp3) is 0.588. The molecule has 3 unspecified atom stereocenters. The number of nitrogens with two attached hydrogens (primary N) is 1. The van der Waals surface area contributed by atoms with Gasteiger partial charge in [-0.25, -0.2) is 0 Å². The lowest BCUT2D eigenvalue weighted by Crippen LogP contribution is -2.37. The predicted molar refractivity (Wildman–Crippen MR) is 82.2 cm³/mol. The van der Waals surface area contributed by atoms with Crippen LogP contribution in [0.15, 0.2) is 24.3 Å². The van der Waals surface area contributed by atoms with Crippen LogP contribution in [-0.2, 0) is 4.79 Å². The summed E-state index contributed by atoms with van der Waals surface area (Å²) in [5.41, 5.74) is 8.08. The van der Waals surface area contributed by atoms with E-state index < -0.39 is 6.04 Å². The molecular formula is C17H26N2O. The summed E-state index contributed by atoms with van der Waals surface area (Å²) >= 11 is 0. The molecule has 20 heavy (non-hydrogen) atoms. The Hall–Kier alpha value is -1.35. The zero-order chi connectivity index (χ0) is 14.5. The van der Waals surface area contributed by atoms with E-state index in [1.165, 1.54) is 31.2 Å². The molecule has 0 radical (unpaired) electrons. The fourth-order valence-corrected chi connectivity index (χ4v) is 3.03. The van der Waals surface area contributed by atoms with Gasteiger partial charge in [-0.1, -0.05) is 49.6 Å². The van der Waals surface area contributed by atoms with E-state index in [-0.39, 0.29) is 5.91 Å². The fourth-order valence-electron chi connectivity index (χ4n) is 3.03. The second kappa shape index (κ2) is 6.89. The lowest BCUT2D eigenvalue weighted by Gasteiger charge is -2.27. The molecule has 1 aliphatic rings. The van der Waals surface area contributed by atoms with Crippen LogP contribution < -0.4 is 11.1 Å². The summed E-state index contributed by atoms with van der Waals surface area (Å²) in [6.45, 7) is 5.09. The van der Waals surface area contributed by atoms with Gasteiger partial charge in [0, 0.05) is 6.54 Å². The number of nitrogens with one attached hydrogen (secondary N) is 1.